The lowest BCUT2D eigenvalue weighted by atomic mass is 9.87. The molecule has 3 aromatic rings. The Hall–Kier alpha value is -2.95. The van der Waals surface area contributed by atoms with Gasteiger partial charge in [-0.2, -0.15) is 10.2 Å². The van der Waals surface area contributed by atoms with Gasteiger partial charge in [-0.25, -0.2) is 4.98 Å². The first kappa shape index (κ1) is 28.1. The van der Waals surface area contributed by atoms with Crippen LogP contribution in [0.1, 0.15) is 82.3 Å². The van der Waals surface area contributed by atoms with Crippen molar-refractivity contribution in [2.45, 2.75) is 71.1 Å². The van der Waals surface area contributed by atoms with Crippen molar-refractivity contribution < 1.29 is 9.47 Å². The number of nitrogens with zero attached hydrogens (tertiary/aromatic N) is 5. The molecule has 2 unspecified atom stereocenters. The fourth-order valence-electron chi connectivity index (χ4n) is 5.70. The second kappa shape index (κ2) is 14.3. The molecule has 2 aromatic heterocycles. The molecule has 0 amide bonds. The van der Waals surface area contributed by atoms with Crippen molar-refractivity contribution in [2.75, 3.05) is 40.0 Å². The number of hydrogen-bond donors (Lipinski definition) is 0. The predicted molar refractivity (Wildman–Crippen MR) is 151 cm³/mol. The average molecular weight is 518 g/mol. The van der Waals surface area contributed by atoms with Crippen LogP contribution in [-0.2, 0) is 4.74 Å². The number of methoxy groups -OCH3 is 1. The summed E-state index contributed by atoms with van der Waals surface area (Å²) in [4.78, 5) is 12.5. The molecular formula is C31H43N5O2. The second-order valence-corrected chi connectivity index (χ2v) is 10.6. The van der Waals surface area contributed by atoms with E-state index in [-0.39, 0.29) is 0 Å². The fourth-order valence-corrected chi connectivity index (χ4v) is 5.70. The van der Waals surface area contributed by atoms with E-state index >= 15 is 0 Å². The minimum Gasteiger partial charge on any atom is -0.464 e. The van der Waals surface area contributed by atoms with Crippen LogP contribution in [0.5, 0.6) is 6.01 Å². The van der Waals surface area contributed by atoms with Crippen LogP contribution >= 0.6 is 0 Å². The van der Waals surface area contributed by atoms with Crippen LogP contribution in [0.25, 0.3) is 16.9 Å². The normalized spacial score (nSPS) is 16.9. The Morgan fingerprint density at radius 3 is 2.71 bits per heavy atom. The van der Waals surface area contributed by atoms with Crippen molar-refractivity contribution in [3.05, 3.63) is 47.8 Å². The third-order valence-electron chi connectivity index (χ3n) is 7.70. The van der Waals surface area contributed by atoms with Crippen LogP contribution in [0.3, 0.4) is 0 Å². The lowest BCUT2D eigenvalue weighted by Crippen LogP contribution is -2.39. The van der Waals surface area contributed by atoms with Gasteiger partial charge in [0.25, 0.3) is 0 Å². The van der Waals surface area contributed by atoms with E-state index in [9.17, 15) is 5.26 Å². The van der Waals surface area contributed by atoms with E-state index in [2.05, 4.69) is 24.8 Å². The van der Waals surface area contributed by atoms with E-state index in [1.54, 1.807) is 7.11 Å². The second-order valence-electron chi connectivity index (χ2n) is 10.6. The highest BCUT2D eigenvalue weighted by molar-refractivity contribution is 5.72. The smallest absolute Gasteiger partial charge is 0.302 e. The number of imidazole rings is 1. The Bertz CT molecular complexity index is 1180. The molecule has 204 valence electrons. The highest BCUT2D eigenvalue weighted by Crippen LogP contribution is 2.38. The van der Waals surface area contributed by atoms with Gasteiger partial charge in [-0.3, -0.25) is 4.40 Å². The monoisotopic (exact) mass is 517 g/mol. The molecule has 1 aliphatic heterocycles. The zero-order chi connectivity index (χ0) is 26.7. The summed E-state index contributed by atoms with van der Waals surface area (Å²) in [5.74, 6) is 0.831. The first-order valence-electron chi connectivity index (χ1n) is 14.4. The van der Waals surface area contributed by atoms with Crippen LogP contribution in [0.15, 0.2) is 36.7 Å². The average Bonchev–Trinajstić information content (AvgIpc) is 3.45. The van der Waals surface area contributed by atoms with Gasteiger partial charge < -0.3 is 14.4 Å². The summed E-state index contributed by atoms with van der Waals surface area (Å²) in [6.45, 7) is 9.00. The summed E-state index contributed by atoms with van der Waals surface area (Å²) < 4.78 is 13.8. The number of likely N-dealkylation sites (tertiary alicyclic amines) is 1. The summed E-state index contributed by atoms with van der Waals surface area (Å²) in [6.07, 6.45) is 13.1. The van der Waals surface area contributed by atoms with Gasteiger partial charge in [0.05, 0.1) is 30.5 Å². The fraction of sp³-hybridized carbons (Fsp3) is 0.581. The Morgan fingerprint density at radius 1 is 1.13 bits per heavy atom. The number of aromatic nitrogens is 3. The SMILES string of the molecule is CCCCCC(CCC)c1c(-c2ccc(C#N)cc2)nc(OCC2CCCN(CCOC)C2)n2ccnc12. The standard InChI is InChI=1S/C31H43N5O2/c1-4-6-7-11-26(9-5-2)28-29(27-14-12-24(21-32)13-15-27)34-31(36-18-16-33-30(28)36)38-23-25-10-8-17-35(22-25)19-20-37-3/h12-16,18,25-26H,4-11,17,19-20,22-23H2,1-3H3. The Kier molecular flexibility index (Phi) is 10.5. The molecule has 0 spiro atoms. The lowest BCUT2D eigenvalue weighted by Gasteiger charge is -2.32. The lowest BCUT2D eigenvalue weighted by molar-refractivity contribution is 0.0933. The summed E-state index contributed by atoms with van der Waals surface area (Å²) in [6, 6.07) is 10.6. The molecule has 1 aromatic carbocycles. The van der Waals surface area contributed by atoms with Gasteiger partial charge in [-0.15, -0.1) is 0 Å². The zero-order valence-electron chi connectivity index (χ0n) is 23.4. The molecule has 2 atom stereocenters. The first-order valence-corrected chi connectivity index (χ1v) is 14.4. The van der Waals surface area contributed by atoms with Crippen molar-refractivity contribution in [3.8, 4) is 23.3 Å². The predicted octanol–water partition coefficient (Wildman–Crippen LogP) is 6.47. The molecular weight excluding hydrogens is 474 g/mol. The minimum absolute atomic E-state index is 0.372. The molecule has 7 heteroatoms. The van der Waals surface area contributed by atoms with Crippen molar-refractivity contribution in [2.24, 2.45) is 5.92 Å². The third kappa shape index (κ3) is 6.92. The van der Waals surface area contributed by atoms with E-state index in [0.29, 0.717) is 30.0 Å². The van der Waals surface area contributed by atoms with Gasteiger partial charge in [-0.1, -0.05) is 51.7 Å². The summed E-state index contributed by atoms with van der Waals surface area (Å²) in [5.41, 5.74) is 4.73. The maximum Gasteiger partial charge on any atom is 0.302 e. The number of fused-ring (bicyclic) bond motifs is 1. The van der Waals surface area contributed by atoms with Crippen molar-refractivity contribution in [1.82, 2.24) is 19.3 Å². The molecule has 0 aliphatic carbocycles. The number of hydrogen-bond acceptors (Lipinski definition) is 6. The Balaban J connectivity index is 1.68. The molecule has 0 bridgehead atoms. The van der Waals surface area contributed by atoms with E-state index in [0.717, 1.165) is 68.8 Å². The van der Waals surface area contributed by atoms with Gasteiger partial charge >= 0.3 is 6.01 Å². The molecule has 1 saturated heterocycles. The summed E-state index contributed by atoms with van der Waals surface area (Å²) in [5, 5.41) is 9.34. The van der Waals surface area contributed by atoms with Gasteiger partial charge in [0.2, 0.25) is 0 Å². The third-order valence-corrected chi connectivity index (χ3v) is 7.70. The van der Waals surface area contributed by atoms with Gasteiger partial charge in [-0.05, 0) is 50.3 Å². The Labute approximate surface area is 227 Å². The number of nitriles is 1. The zero-order valence-corrected chi connectivity index (χ0v) is 23.4. The van der Waals surface area contributed by atoms with E-state index in [1.807, 2.05) is 41.1 Å². The van der Waals surface area contributed by atoms with Gasteiger partial charge in [0.1, 0.15) is 5.65 Å². The first-order chi connectivity index (χ1) is 18.7. The van der Waals surface area contributed by atoms with Crippen molar-refractivity contribution in [1.29, 1.82) is 5.26 Å². The number of benzene rings is 1. The maximum absolute atomic E-state index is 9.34. The van der Waals surface area contributed by atoms with E-state index < -0.39 is 0 Å². The number of piperidine rings is 1. The van der Waals surface area contributed by atoms with Crippen LogP contribution in [0.2, 0.25) is 0 Å². The molecule has 1 fully saturated rings. The van der Waals surface area contributed by atoms with Crippen LogP contribution in [0, 0.1) is 17.2 Å². The van der Waals surface area contributed by atoms with E-state index in [4.69, 9.17) is 19.4 Å². The molecule has 7 nitrogen and oxygen atoms in total. The molecule has 1 aliphatic rings. The highest BCUT2D eigenvalue weighted by Gasteiger charge is 2.25. The number of rotatable bonds is 14. The Morgan fingerprint density at radius 2 is 1.97 bits per heavy atom. The maximum atomic E-state index is 9.34. The molecule has 0 radical (unpaired) electrons. The largest absolute Gasteiger partial charge is 0.464 e. The topological polar surface area (TPSA) is 75.7 Å². The highest BCUT2D eigenvalue weighted by atomic mass is 16.5. The van der Waals surface area contributed by atoms with Crippen LogP contribution in [0.4, 0.5) is 0 Å². The van der Waals surface area contributed by atoms with Crippen molar-refractivity contribution in [3.63, 3.8) is 0 Å². The molecule has 3 heterocycles. The summed E-state index contributed by atoms with van der Waals surface area (Å²) >= 11 is 0. The summed E-state index contributed by atoms with van der Waals surface area (Å²) in [7, 11) is 1.76. The molecule has 0 N–H and O–H groups in total. The quantitative estimate of drug-likeness (QED) is 0.228. The number of ether oxygens (including phenoxy) is 2. The molecule has 38 heavy (non-hydrogen) atoms. The minimum atomic E-state index is 0.372. The van der Waals surface area contributed by atoms with Crippen LogP contribution in [-0.4, -0.2) is 59.2 Å². The number of unbranched alkanes of at least 4 members (excludes halogenated alkanes) is 2. The van der Waals surface area contributed by atoms with E-state index in [1.165, 1.54) is 31.2 Å². The van der Waals surface area contributed by atoms with Crippen LogP contribution < -0.4 is 4.74 Å². The van der Waals surface area contributed by atoms with Gasteiger partial charge in [0.15, 0.2) is 0 Å². The molecule has 0 saturated carbocycles. The van der Waals surface area contributed by atoms with Gasteiger partial charge in [0, 0.05) is 49.6 Å². The van der Waals surface area contributed by atoms with Crippen molar-refractivity contribution >= 4 is 5.65 Å². The molecule has 4 rings (SSSR count).